The Morgan fingerprint density at radius 2 is 2.10 bits per heavy atom. The summed E-state index contributed by atoms with van der Waals surface area (Å²) in [7, 11) is 0. The highest BCUT2D eigenvalue weighted by Gasteiger charge is 2.15. The zero-order chi connectivity index (χ0) is 14.1. The topological polar surface area (TPSA) is 79.8 Å². The van der Waals surface area contributed by atoms with Crippen molar-refractivity contribution in [1.29, 1.82) is 0 Å². The third-order valence-corrected chi connectivity index (χ3v) is 2.95. The van der Waals surface area contributed by atoms with E-state index in [0.717, 1.165) is 5.56 Å². The second kappa shape index (κ2) is 4.86. The van der Waals surface area contributed by atoms with Crippen LogP contribution in [0.4, 0.5) is 0 Å². The Kier molecular flexibility index (Phi) is 2.74. The normalized spacial score (nSPS) is 12.6. The Bertz CT molecular complexity index is 751. The van der Waals surface area contributed by atoms with Gasteiger partial charge in [0.1, 0.15) is 12.0 Å². The molecule has 21 heavy (non-hydrogen) atoms. The number of fused-ring (bicyclic) bond motifs is 1. The Morgan fingerprint density at radius 1 is 1.14 bits per heavy atom. The Hall–Kier alpha value is -2.96. The molecule has 1 aliphatic rings. The highest BCUT2D eigenvalue weighted by molar-refractivity contribution is 5.51. The van der Waals surface area contributed by atoms with Gasteiger partial charge in [0.15, 0.2) is 18.1 Å². The predicted octanol–water partition coefficient (Wildman–Crippen LogP) is 2.64. The maximum Gasteiger partial charge on any atom is 0.264 e. The molecule has 106 valence electrons. The quantitative estimate of drug-likeness (QED) is 0.729. The third-order valence-electron chi connectivity index (χ3n) is 2.95. The summed E-state index contributed by atoms with van der Waals surface area (Å²) < 4.78 is 26.2. The second-order valence-corrected chi connectivity index (χ2v) is 4.33. The monoisotopic (exact) mass is 286 g/mol. The van der Waals surface area contributed by atoms with Gasteiger partial charge in [0.25, 0.3) is 5.89 Å². The molecule has 0 unspecified atom stereocenters. The van der Waals surface area contributed by atoms with Crippen molar-refractivity contribution in [2.45, 2.75) is 6.61 Å². The lowest BCUT2D eigenvalue weighted by atomic mass is 10.3. The van der Waals surface area contributed by atoms with Crippen molar-refractivity contribution in [3.8, 4) is 28.6 Å². The molecular formula is C14H10N2O5. The highest BCUT2D eigenvalue weighted by Crippen LogP contribution is 2.35. The van der Waals surface area contributed by atoms with Gasteiger partial charge < -0.3 is 23.2 Å². The van der Waals surface area contributed by atoms with Gasteiger partial charge in [0.2, 0.25) is 12.6 Å². The molecule has 3 heterocycles. The average molecular weight is 286 g/mol. The molecule has 0 bridgehead atoms. The van der Waals surface area contributed by atoms with Gasteiger partial charge in [-0.1, -0.05) is 5.16 Å². The molecule has 0 spiro atoms. The van der Waals surface area contributed by atoms with E-state index >= 15 is 0 Å². The van der Waals surface area contributed by atoms with E-state index in [2.05, 4.69) is 10.1 Å². The average Bonchev–Trinajstić information content (AvgIpc) is 3.24. The van der Waals surface area contributed by atoms with Gasteiger partial charge >= 0.3 is 0 Å². The number of hydrogen-bond donors (Lipinski definition) is 0. The van der Waals surface area contributed by atoms with Crippen molar-refractivity contribution >= 4 is 0 Å². The van der Waals surface area contributed by atoms with Gasteiger partial charge in [-0.05, 0) is 18.2 Å². The minimum absolute atomic E-state index is 0.171. The van der Waals surface area contributed by atoms with Crippen LogP contribution in [-0.4, -0.2) is 16.9 Å². The zero-order valence-corrected chi connectivity index (χ0v) is 10.8. The molecule has 3 aromatic rings. The molecule has 7 heteroatoms. The molecule has 0 amide bonds. The largest absolute Gasteiger partial charge is 0.484 e. The molecule has 0 saturated carbocycles. The van der Waals surface area contributed by atoms with E-state index in [0.29, 0.717) is 29.0 Å². The van der Waals surface area contributed by atoms with Crippen LogP contribution in [0.5, 0.6) is 17.2 Å². The Labute approximate surface area is 119 Å². The number of benzene rings is 1. The fraction of sp³-hybridized carbons (Fsp3) is 0.143. The standard InChI is InChI=1S/C14H10N2O5/c1-2-11-12(20-8-19-11)5-10(1)18-7-13-15-14(16-21-13)9-3-4-17-6-9/h1-6H,7-8H2. The summed E-state index contributed by atoms with van der Waals surface area (Å²) in [5, 5.41) is 3.86. The first-order chi connectivity index (χ1) is 10.4. The summed E-state index contributed by atoms with van der Waals surface area (Å²) in [6.07, 6.45) is 3.10. The Morgan fingerprint density at radius 3 is 3.00 bits per heavy atom. The first-order valence-electron chi connectivity index (χ1n) is 6.26. The SMILES string of the molecule is c1cc(-c2noc(COc3ccc4c(c3)OCO4)n2)co1. The molecular weight excluding hydrogens is 276 g/mol. The van der Waals surface area contributed by atoms with Crippen molar-refractivity contribution in [1.82, 2.24) is 10.1 Å². The summed E-state index contributed by atoms with van der Waals surface area (Å²) in [5.74, 6) is 2.86. The number of ether oxygens (including phenoxy) is 3. The maximum absolute atomic E-state index is 5.59. The first-order valence-corrected chi connectivity index (χ1v) is 6.26. The van der Waals surface area contributed by atoms with E-state index < -0.39 is 0 Å². The summed E-state index contributed by atoms with van der Waals surface area (Å²) >= 11 is 0. The number of hydrogen-bond acceptors (Lipinski definition) is 7. The fourth-order valence-electron chi connectivity index (χ4n) is 1.93. The van der Waals surface area contributed by atoms with Crippen LogP contribution in [0.25, 0.3) is 11.4 Å². The van der Waals surface area contributed by atoms with E-state index in [9.17, 15) is 0 Å². The van der Waals surface area contributed by atoms with Gasteiger partial charge in [-0.25, -0.2) is 0 Å². The van der Waals surface area contributed by atoms with Crippen LogP contribution in [-0.2, 0) is 6.61 Å². The van der Waals surface area contributed by atoms with Crippen LogP contribution in [0.2, 0.25) is 0 Å². The lowest BCUT2D eigenvalue weighted by Gasteiger charge is -2.03. The van der Waals surface area contributed by atoms with E-state index in [1.807, 2.05) is 0 Å². The minimum Gasteiger partial charge on any atom is -0.484 e. The summed E-state index contributed by atoms with van der Waals surface area (Å²) in [4.78, 5) is 4.22. The summed E-state index contributed by atoms with van der Waals surface area (Å²) in [6.45, 7) is 0.404. The Balaban J connectivity index is 1.45. The van der Waals surface area contributed by atoms with Gasteiger partial charge in [-0.2, -0.15) is 4.98 Å². The lowest BCUT2D eigenvalue weighted by Crippen LogP contribution is -1.95. The molecule has 0 saturated heterocycles. The lowest BCUT2D eigenvalue weighted by molar-refractivity contribution is 0.173. The molecule has 0 aliphatic carbocycles. The van der Waals surface area contributed by atoms with Crippen molar-refractivity contribution in [2.24, 2.45) is 0 Å². The number of aromatic nitrogens is 2. The zero-order valence-electron chi connectivity index (χ0n) is 10.8. The molecule has 0 N–H and O–H groups in total. The van der Waals surface area contributed by atoms with E-state index in [1.165, 1.54) is 0 Å². The van der Waals surface area contributed by atoms with Crippen LogP contribution in [0.1, 0.15) is 5.89 Å². The van der Waals surface area contributed by atoms with Crippen LogP contribution in [0.15, 0.2) is 45.7 Å². The van der Waals surface area contributed by atoms with Gasteiger partial charge in [0, 0.05) is 6.07 Å². The van der Waals surface area contributed by atoms with E-state index in [1.54, 1.807) is 36.8 Å². The molecule has 0 atom stereocenters. The van der Waals surface area contributed by atoms with Crippen LogP contribution >= 0.6 is 0 Å². The molecule has 4 rings (SSSR count). The third kappa shape index (κ3) is 2.29. The van der Waals surface area contributed by atoms with Crippen molar-refractivity contribution in [3.05, 3.63) is 42.7 Å². The van der Waals surface area contributed by atoms with Crippen LogP contribution < -0.4 is 14.2 Å². The van der Waals surface area contributed by atoms with Gasteiger partial charge in [-0.15, -0.1) is 0 Å². The predicted molar refractivity (Wildman–Crippen MR) is 68.9 cm³/mol. The number of rotatable bonds is 4. The highest BCUT2D eigenvalue weighted by atomic mass is 16.7. The van der Waals surface area contributed by atoms with Crippen LogP contribution in [0, 0.1) is 0 Å². The van der Waals surface area contributed by atoms with Gasteiger partial charge in [0.05, 0.1) is 11.8 Å². The molecule has 2 aromatic heterocycles. The summed E-state index contributed by atoms with van der Waals surface area (Å²) in [5.41, 5.74) is 0.757. The van der Waals surface area contributed by atoms with E-state index in [-0.39, 0.29) is 13.4 Å². The maximum atomic E-state index is 5.59. The number of furan rings is 1. The first kappa shape index (κ1) is 11.8. The number of nitrogens with zero attached hydrogens (tertiary/aromatic N) is 2. The molecule has 1 aliphatic heterocycles. The van der Waals surface area contributed by atoms with Crippen LogP contribution in [0.3, 0.4) is 0 Å². The fourth-order valence-corrected chi connectivity index (χ4v) is 1.93. The van der Waals surface area contributed by atoms with Crippen molar-refractivity contribution in [2.75, 3.05) is 6.79 Å². The van der Waals surface area contributed by atoms with Crippen molar-refractivity contribution in [3.63, 3.8) is 0 Å². The minimum atomic E-state index is 0.171. The molecule has 0 fully saturated rings. The molecule has 0 radical (unpaired) electrons. The summed E-state index contributed by atoms with van der Waals surface area (Å²) in [6, 6.07) is 7.10. The smallest absolute Gasteiger partial charge is 0.264 e. The van der Waals surface area contributed by atoms with Gasteiger partial charge in [-0.3, -0.25) is 0 Å². The molecule has 1 aromatic carbocycles. The molecule has 7 nitrogen and oxygen atoms in total. The van der Waals surface area contributed by atoms with E-state index in [4.69, 9.17) is 23.2 Å². The second-order valence-electron chi connectivity index (χ2n) is 4.33. The van der Waals surface area contributed by atoms with Crippen molar-refractivity contribution < 1.29 is 23.2 Å².